The largest absolute Gasteiger partial charge is 0.399 e. The summed E-state index contributed by atoms with van der Waals surface area (Å²) in [6.07, 6.45) is 5.30. The first-order chi connectivity index (χ1) is 9.72. The van der Waals surface area contributed by atoms with Gasteiger partial charge in [0.1, 0.15) is 0 Å². The first-order valence-electron chi connectivity index (χ1n) is 7.99. The summed E-state index contributed by atoms with van der Waals surface area (Å²) < 4.78 is 0. The van der Waals surface area contributed by atoms with Crippen molar-refractivity contribution >= 4 is 5.69 Å². The van der Waals surface area contributed by atoms with Crippen molar-refractivity contribution in [3.63, 3.8) is 0 Å². The SMILES string of the molecule is CN1CCCC2CN(CCc3ccc(N)cc3)CCC21. The average molecular weight is 273 g/mol. The first-order valence-corrected chi connectivity index (χ1v) is 7.99. The molecule has 2 unspecified atom stereocenters. The van der Waals surface area contributed by atoms with Gasteiger partial charge in [-0.2, -0.15) is 0 Å². The standard InChI is InChI=1S/C17H27N3/c1-19-10-2-3-15-13-20(12-9-17(15)19)11-8-14-4-6-16(18)7-5-14/h4-7,15,17H,2-3,8-13,18H2,1H3. The Kier molecular flexibility index (Phi) is 4.27. The van der Waals surface area contributed by atoms with Gasteiger partial charge in [-0.1, -0.05) is 12.1 Å². The van der Waals surface area contributed by atoms with Crippen LogP contribution in [0.3, 0.4) is 0 Å². The molecule has 1 aromatic carbocycles. The van der Waals surface area contributed by atoms with Gasteiger partial charge in [0, 0.05) is 24.8 Å². The Morgan fingerprint density at radius 2 is 1.95 bits per heavy atom. The number of likely N-dealkylation sites (tertiary alicyclic amines) is 2. The Morgan fingerprint density at radius 1 is 1.15 bits per heavy atom. The Bertz CT molecular complexity index is 428. The molecule has 0 spiro atoms. The van der Waals surface area contributed by atoms with E-state index < -0.39 is 0 Å². The van der Waals surface area contributed by atoms with Gasteiger partial charge in [0.25, 0.3) is 0 Å². The summed E-state index contributed by atoms with van der Waals surface area (Å²) in [6, 6.07) is 9.19. The van der Waals surface area contributed by atoms with E-state index in [0.717, 1.165) is 24.1 Å². The molecule has 0 radical (unpaired) electrons. The van der Waals surface area contributed by atoms with Crippen LogP contribution in [-0.4, -0.2) is 49.1 Å². The van der Waals surface area contributed by atoms with Crippen LogP contribution in [0.15, 0.2) is 24.3 Å². The summed E-state index contributed by atoms with van der Waals surface area (Å²) in [7, 11) is 2.31. The molecule has 20 heavy (non-hydrogen) atoms. The van der Waals surface area contributed by atoms with E-state index in [4.69, 9.17) is 5.73 Å². The van der Waals surface area contributed by atoms with Crippen molar-refractivity contribution in [2.75, 3.05) is 39.0 Å². The van der Waals surface area contributed by atoms with E-state index in [9.17, 15) is 0 Å². The molecule has 2 atom stereocenters. The van der Waals surface area contributed by atoms with Crippen LogP contribution in [-0.2, 0) is 6.42 Å². The number of hydrogen-bond acceptors (Lipinski definition) is 3. The fourth-order valence-corrected chi connectivity index (χ4v) is 3.90. The predicted molar refractivity (Wildman–Crippen MR) is 84.8 cm³/mol. The van der Waals surface area contributed by atoms with Gasteiger partial charge in [-0.3, -0.25) is 0 Å². The Morgan fingerprint density at radius 3 is 2.75 bits per heavy atom. The lowest BCUT2D eigenvalue weighted by molar-refractivity contribution is 0.0391. The summed E-state index contributed by atoms with van der Waals surface area (Å²) in [6.45, 7) is 5.05. The number of benzene rings is 1. The van der Waals surface area contributed by atoms with Crippen molar-refractivity contribution in [3.05, 3.63) is 29.8 Å². The summed E-state index contributed by atoms with van der Waals surface area (Å²) in [4.78, 5) is 5.25. The van der Waals surface area contributed by atoms with Crippen LogP contribution in [0.2, 0.25) is 0 Å². The second-order valence-corrected chi connectivity index (χ2v) is 6.53. The number of hydrogen-bond donors (Lipinski definition) is 1. The quantitative estimate of drug-likeness (QED) is 0.857. The van der Waals surface area contributed by atoms with E-state index in [2.05, 4.69) is 29.0 Å². The van der Waals surface area contributed by atoms with E-state index in [0.29, 0.717) is 0 Å². The van der Waals surface area contributed by atoms with Crippen molar-refractivity contribution in [2.24, 2.45) is 5.92 Å². The lowest BCUT2D eigenvalue weighted by atomic mass is 9.84. The molecule has 2 aliphatic heterocycles. The number of fused-ring (bicyclic) bond motifs is 1. The maximum Gasteiger partial charge on any atom is 0.0314 e. The monoisotopic (exact) mass is 273 g/mol. The van der Waals surface area contributed by atoms with Crippen LogP contribution >= 0.6 is 0 Å². The third kappa shape index (κ3) is 3.15. The van der Waals surface area contributed by atoms with Crippen LogP contribution in [0, 0.1) is 5.92 Å². The number of piperidine rings is 2. The number of nitrogens with two attached hydrogens (primary N) is 1. The van der Waals surface area contributed by atoms with Gasteiger partial charge in [0.2, 0.25) is 0 Å². The minimum Gasteiger partial charge on any atom is -0.399 e. The smallest absolute Gasteiger partial charge is 0.0314 e. The summed E-state index contributed by atoms with van der Waals surface area (Å²) in [5.41, 5.74) is 8.00. The minimum atomic E-state index is 0.844. The Balaban J connectivity index is 1.51. The van der Waals surface area contributed by atoms with E-state index in [1.54, 1.807) is 0 Å². The van der Waals surface area contributed by atoms with Gasteiger partial charge < -0.3 is 15.5 Å². The zero-order chi connectivity index (χ0) is 13.9. The maximum atomic E-state index is 5.74. The molecule has 0 aromatic heterocycles. The molecule has 2 heterocycles. The van der Waals surface area contributed by atoms with E-state index in [-0.39, 0.29) is 0 Å². The molecule has 3 rings (SSSR count). The summed E-state index contributed by atoms with van der Waals surface area (Å²) >= 11 is 0. The molecule has 2 saturated heterocycles. The Labute approximate surface area is 122 Å². The third-order valence-electron chi connectivity index (χ3n) is 5.13. The van der Waals surface area contributed by atoms with Crippen LogP contribution in [0.1, 0.15) is 24.8 Å². The highest BCUT2D eigenvalue weighted by Gasteiger charge is 2.33. The van der Waals surface area contributed by atoms with Gasteiger partial charge in [0.15, 0.2) is 0 Å². The summed E-state index contributed by atoms with van der Waals surface area (Å²) in [5, 5.41) is 0. The molecule has 0 bridgehead atoms. The predicted octanol–water partition coefficient (Wildman–Crippen LogP) is 2.23. The average Bonchev–Trinajstić information content (AvgIpc) is 2.47. The molecular formula is C17H27N3. The normalized spacial score (nSPS) is 28.2. The molecule has 110 valence electrons. The van der Waals surface area contributed by atoms with Crippen LogP contribution in [0.4, 0.5) is 5.69 Å². The van der Waals surface area contributed by atoms with Crippen LogP contribution in [0.25, 0.3) is 0 Å². The second-order valence-electron chi connectivity index (χ2n) is 6.53. The number of nitrogens with zero attached hydrogens (tertiary/aromatic N) is 2. The van der Waals surface area contributed by atoms with Crippen molar-refractivity contribution < 1.29 is 0 Å². The van der Waals surface area contributed by atoms with E-state index in [1.807, 2.05) is 12.1 Å². The van der Waals surface area contributed by atoms with Crippen LogP contribution < -0.4 is 5.73 Å². The summed E-state index contributed by atoms with van der Waals surface area (Å²) in [5.74, 6) is 0.897. The number of rotatable bonds is 3. The topological polar surface area (TPSA) is 32.5 Å². The number of nitrogen functional groups attached to an aromatic ring is 1. The second kappa shape index (κ2) is 6.15. The van der Waals surface area contributed by atoms with Gasteiger partial charge in [-0.05, 0) is 69.4 Å². The highest BCUT2D eigenvalue weighted by molar-refractivity contribution is 5.39. The van der Waals surface area contributed by atoms with Gasteiger partial charge >= 0.3 is 0 Å². The number of anilines is 1. The molecule has 2 fully saturated rings. The van der Waals surface area contributed by atoms with E-state index >= 15 is 0 Å². The molecule has 2 aliphatic rings. The maximum absolute atomic E-state index is 5.74. The van der Waals surface area contributed by atoms with Gasteiger partial charge in [-0.15, -0.1) is 0 Å². The molecule has 3 heteroatoms. The van der Waals surface area contributed by atoms with Crippen molar-refractivity contribution in [1.29, 1.82) is 0 Å². The lowest BCUT2D eigenvalue weighted by Gasteiger charge is -2.46. The molecule has 0 saturated carbocycles. The minimum absolute atomic E-state index is 0.844. The highest BCUT2D eigenvalue weighted by Crippen LogP contribution is 2.29. The van der Waals surface area contributed by atoms with Crippen LogP contribution in [0.5, 0.6) is 0 Å². The van der Waals surface area contributed by atoms with Crippen molar-refractivity contribution in [1.82, 2.24) is 9.80 Å². The fraction of sp³-hybridized carbons (Fsp3) is 0.647. The zero-order valence-corrected chi connectivity index (χ0v) is 12.6. The van der Waals surface area contributed by atoms with Gasteiger partial charge in [0.05, 0.1) is 0 Å². The fourth-order valence-electron chi connectivity index (χ4n) is 3.90. The lowest BCUT2D eigenvalue weighted by Crippen LogP contribution is -2.52. The third-order valence-corrected chi connectivity index (χ3v) is 5.13. The first kappa shape index (κ1) is 13.9. The highest BCUT2D eigenvalue weighted by atomic mass is 15.2. The molecule has 1 aromatic rings. The van der Waals surface area contributed by atoms with Crippen molar-refractivity contribution in [3.8, 4) is 0 Å². The molecular weight excluding hydrogens is 246 g/mol. The van der Waals surface area contributed by atoms with Crippen molar-refractivity contribution in [2.45, 2.75) is 31.7 Å². The molecule has 0 aliphatic carbocycles. The zero-order valence-electron chi connectivity index (χ0n) is 12.6. The molecule has 0 amide bonds. The molecule has 3 nitrogen and oxygen atoms in total. The Hall–Kier alpha value is -1.06. The molecule has 2 N–H and O–H groups in total. The van der Waals surface area contributed by atoms with E-state index in [1.165, 1.54) is 51.0 Å². The van der Waals surface area contributed by atoms with Gasteiger partial charge in [-0.25, -0.2) is 0 Å².